The third kappa shape index (κ3) is 7.07. The van der Waals surface area contributed by atoms with Gasteiger partial charge in [0, 0.05) is 26.9 Å². The highest BCUT2D eigenvalue weighted by Crippen LogP contribution is 2.25. The highest BCUT2D eigenvalue weighted by molar-refractivity contribution is 7.98. The van der Waals surface area contributed by atoms with E-state index in [2.05, 4.69) is 10.6 Å². The molecular formula is C29H22ClFN2O2S. The van der Waals surface area contributed by atoms with E-state index >= 15 is 0 Å². The zero-order valence-electron chi connectivity index (χ0n) is 19.1. The van der Waals surface area contributed by atoms with E-state index in [1.54, 1.807) is 78.9 Å². The van der Waals surface area contributed by atoms with Gasteiger partial charge in [-0.25, -0.2) is 4.39 Å². The van der Waals surface area contributed by atoms with Crippen molar-refractivity contribution in [1.82, 2.24) is 5.32 Å². The van der Waals surface area contributed by atoms with Crippen LogP contribution < -0.4 is 10.6 Å². The molecule has 2 amide bonds. The van der Waals surface area contributed by atoms with Gasteiger partial charge in [0.15, 0.2) is 0 Å². The summed E-state index contributed by atoms with van der Waals surface area (Å²) in [5.74, 6) is -0.619. The van der Waals surface area contributed by atoms with Crippen LogP contribution in [-0.2, 0) is 10.5 Å². The lowest BCUT2D eigenvalue weighted by Crippen LogP contribution is -2.30. The molecule has 4 aromatic rings. The molecule has 4 nitrogen and oxygen atoms in total. The fourth-order valence-corrected chi connectivity index (χ4v) is 4.40. The molecule has 0 atom stereocenters. The summed E-state index contributed by atoms with van der Waals surface area (Å²) in [5, 5.41) is 6.04. The van der Waals surface area contributed by atoms with E-state index in [9.17, 15) is 14.0 Å². The molecule has 0 aliphatic heterocycles. The highest BCUT2D eigenvalue weighted by atomic mass is 35.5. The van der Waals surface area contributed by atoms with Gasteiger partial charge >= 0.3 is 0 Å². The van der Waals surface area contributed by atoms with Crippen LogP contribution in [0.25, 0.3) is 6.08 Å². The fraction of sp³-hybridized carbons (Fsp3) is 0.0345. The number of hydrogen-bond acceptors (Lipinski definition) is 3. The van der Waals surface area contributed by atoms with Gasteiger partial charge in [-0.15, -0.1) is 11.8 Å². The lowest BCUT2D eigenvalue weighted by Gasteiger charge is -2.12. The van der Waals surface area contributed by atoms with Gasteiger partial charge in [-0.2, -0.15) is 0 Å². The van der Waals surface area contributed by atoms with Crippen molar-refractivity contribution >= 4 is 46.9 Å². The molecule has 0 aliphatic rings. The number of amides is 2. The first-order valence-electron chi connectivity index (χ1n) is 11.1. The summed E-state index contributed by atoms with van der Waals surface area (Å²) in [7, 11) is 0. The summed E-state index contributed by atoms with van der Waals surface area (Å²) >= 11 is 7.58. The van der Waals surface area contributed by atoms with Gasteiger partial charge in [0.1, 0.15) is 11.5 Å². The molecule has 4 aromatic carbocycles. The molecule has 0 aromatic heterocycles. The fourth-order valence-electron chi connectivity index (χ4n) is 3.31. The van der Waals surface area contributed by atoms with Crippen molar-refractivity contribution in [3.8, 4) is 0 Å². The maximum Gasteiger partial charge on any atom is 0.272 e. The maximum atomic E-state index is 13.8. The van der Waals surface area contributed by atoms with E-state index in [1.165, 1.54) is 17.8 Å². The van der Waals surface area contributed by atoms with Crippen molar-refractivity contribution in [3.63, 3.8) is 0 Å². The standard InChI is InChI=1S/C29H22ClFN2O2S/c30-23-11-6-7-20(17-23)18-27(33-28(34)21-8-2-1-3-9-21)29(35)32-24-13-15-25(16-14-24)36-19-22-10-4-5-12-26(22)31/h1-18H,19H2,(H,32,35)(H,33,34)/b27-18-. The third-order valence-electron chi connectivity index (χ3n) is 5.15. The molecular weight excluding hydrogens is 495 g/mol. The van der Waals surface area contributed by atoms with Crippen LogP contribution in [-0.4, -0.2) is 11.8 Å². The summed E-state index contributed by atoms with van der Waals surface area (Å²) < 4.78 is 13.8. The minimum Gasteiger partial charge on any atom is -0.321 e. The lowest BCUT2D eigenvalue weighted by molar-refractivity contribution is -0.113. The van der Waals surface area contributed by atoms with E-state index in [0.717, 1.165) is 4.90 Å². The Bertz CT molecular complexity index is 1390. The van der Waals surface area contributed by atoms with Crippen LogP contribution in [0.1, 0.15) is 21.5 Å². The van der Waals surface area contributed by atoms with Crippen molar-refractivity contribution in [2.24, 2.45) is 0 Å². The van der Waals surface area contributed by atoms with Gasteiger partial charge in [0.05, 0.1) is 0 Å². The minimum atomic E-state index is -0.481. The maximum absolute atomic E-state index is 13.8. The van der Waals surface area contributed by atoms with Crippen molar-refractivity contribution in [2.45, 2.75) is 10.6 Å². The number of carbonyl (C=O) groups is 2. The van der Waals surface area contributed by atoms with Crippen LogP contribution in [0, 0.1) is 5.82 Å². The highest BCUT2D eigenvalue weighted by Gasteiger charge is 2.15. The third-order valence-corrected chi connectivity index (χ3v) is 6.45. The molecule has 0 saturated heterocycles. The Labute approximate surface area is 218 Å². The second-order valence-corrected chi connectivity index (χ2v) is 9.28. The number of rotatable bonds is 8. The predicted molar refractivity (Wildman–Crippen MR) is 144 cm³/mol. The van der Waals surface area contributed by atoms with Gasteiger partial charge < -0.3 is 10.6 Å². The number of thioether (sulfide) groups is 1. The lowest BCUT2D eigenvalue weighted by atomic mass is 10.1. The average molecular weight is 517 g/mol. The van der Waals surface area contributed by atoms with Gasteiger partial charge in [0.25, 0.3) is 11.8 Å². The number of hydrogen-bond donors (Lipinski definition) is 2. The molecule has 180 valence electrons. The van der Waals surface area contributed by atoms with Gasteiger partial charge in [0.2, 0.25) is 0 Å². The average Bonchev–Trinajstić information content (AvgIpc) is 2.89. The Morgan fingerprint density at radius 3 is 2.31 bits per heavy atom. The van der Waals surface area contributed by atoms with Crippen LogP contribution in [0.4, 0.5) is 10.1 Å². The molecule has 2 N–H and O–H groups in total. The molecule has 0 heterocycles. The summed E-state index contributed by atoms with van der Waals surface area (Å²) in [6.07, 6.45) is 1.57. The molecule has 36 heavy (non-hydrogen) atoms. The SMILES string of the molecule is O=C(Nc1ccc(SCc2ccccc2F)cc1)/C(=C/c1cccc(Cl)c1)NC(=O)c1ccccc1. The largest absolute Gasteiger partial charge is 0.321 e. The van der Waals surface area contributed by atoms with Gasteiger partial charge in [-0.1, -0.05) is 60.1 Å². The summed E-state index contributed by atoms with van der Waals surface area (Å²) in [5.41, 5.74) is 2.36. The molecule has 0 aliphatic carbocycles. The topological polar surface area (TPSA) is 58.2 Å². The van der Waals surface area contributed by atoms with Crippen molar-refractivity contribution in [2.75, 3.05) is 5.32 Å². The van der Waals surface area contributed by atoms with Crippen LogP contribution in [0.2, 0.25) is 5.02 Å². The normalized spacial score (nSPS) is 11.1. The zero-order chi connectivity index (χ0) is 25.3. The number of anilines is 1. The number of halogens is 2. The molecule has 0 spiro atoms. The quantitative estimate of drug-likeness (QED) is 0.192. The molecule has 7 heteroatoms. The smallest absolute Gasteiger partial charge is 0.272 e. The van der Waals surface area contributed by atoms with Crippen molar-refractivity contribution < 1.29 is 14.0 Å². The Kier molecular flexibility index (Phi) is 8.55. The van der Waals surface area contributed by atoms with E-state index in [0.29, 0.717) is 33.2 Å². The monoisotopic (exact) mass is 516 g/mol. The molecule has 0 radical (unpaired) electrons. The van der Waals surface area contributed by atoms with E-state index in [-0.39, 0.29) is 11.5 Å². The number of benzene rings is 4. The summed E-state index contributed by atoms with van der Waals surface area (Å²) in [6.45, 7) is 0. The Balaban J connectivity index is 1.47. The predicted octanol–water partition coefficient (Wildman–Crippen LogP) is 7.18. The first-order valence-corrected chi connectivity index (χ1v) is 12.5. The van der Waals surface area contributed by atoms with Crippen LogP contribution >= 0.6 is 23.4 Å². The van der Waals surface area contributed by atoms with E-state index < -0.39 is 11.8 Å². The molecule has 4 rings (SSSR count). The number of nitrogens with one attached hydrogen (secondary N) is 2. The Morgan fingerprint density at radius 2 is 1.58 bits per heavy atom. The molecule has 0 bridgehead atoms. The van der Waals surface area contributed by atoms with Crippen LogP contribution in [0.5, 0.6) is 0 Å². The first-order chi connectivity index (χ1) is 17.5. The van der Waals surface area contributed by atoms with Gasteiger partial charge in [-0.3, -0.25) is 9.59 Å². The summed E-state index contributed by atoms with van der Waals surface area (Å²) in [6, 6.07) is 29.5. The van der Waals surface area contributed by atoms with E-state index in [4.69, 9.17) is 11.6 Å². The second kappa shape index (κ2) is 12.2. The number of carbonyl (C=O) groups excluding carboxylic acids is 2. The summed E-state index contributed by atoms with van der Waals surface area (Å²) in [4.78, 5) is 26.8. The molecule has 0 fully saturated rings. The first kappa shape index (κ1) is 25.2. The van der Waals surface area contributed by atoms with E-state index in [1.807, 2.05) is 24.3 Å². The molecule has 0 saturated carbocycles. The molecule has 0 unspecified atom stereocenters. The second-order valence-electron chi connectivity index (χ2n) is 7.79. The van der Waals surface area contributed by atoms with Gasteiger partial charge in [-0.05, 0) is 71.8 Å². The minimum absolute atomic E-state index is 0.0733. The van der Waals surface area contributed by atoms with Crippen LogP contribution in [0.15, 0.2) is 114 Å². The van der Waals surface area contributed by atoms with Crippen LogP contribution in [0.3, 0.4) is 0 Å². The zero-order valence-corrected chi connectivity index (χ0v) is 20.7. The Morgan fingerprint density at radius 1 is 0.861 bits per heavy atom. The van der Waals surface area contributed by atoms with Crippen molar-refractivity contribution in [3.05, 3.63) is 136 Å². The Hall–Kier alpha value is -3.87. The van der Waals surface area contributed by atoms with Crippen molar-refractivity contribution in [1.29, 1.82) is 0 Å².